The van der Waals surface area contributed by atoms with Crippen LogP contribution in [0.3, 0.4) is 0 Å². The molecule has 1 N–H and O–H groups in total. The Labute approximate surface area is 108 Å². The molecule has 0 aromatic carbocycles. The molecule has 0 saturated carbocycles. The summed E-state index contributed by atoms with van der Waals surface area (Å²) in [4.78, 5) is 2.75. The number of hydrogen-bond donors (Lipinski definition) is 1. The van der Waals surface area contributed by atoms with Gasteiger partial charge in [0.2, 0.25) is 0 Å². The smallest absolute Gasteiger partial charge is 0.0252 e. The van der Waals surface area contributed by atoms with Crippen molar-refractivity contribution in [2.24, 2.45) is 0 Å². The first-order chi connectivity index (χ1) is 8.09. The molecular weight excluding hydrogens is 208 g/mol. The second-order valence-electron chi connectivity index (χ2n) is 6.22. The van der Waals surface area contributed by atoms with Crippen molar-refractivity contribution in [3.63, 3.8) is 0 Å². The van der Waals surface area contributed by atoms with E-state index < -0.39 is 0 Å². The highest BCUT2D eigenvalue weighted by Crippen LogP contribution is 2.19. The normalized spacial score (nSPS) is 23.3. The van der Waals surface area contributed by atoms with E-state index in [-0.39, 0.29) is 5.54 Å². The number of rotatable bonds is 6. The zero-order valence-electron chi connectivity index (χ0n) is 12.4. The van der Waals surface area contributed by atoms with E-state index in [9.17, 15) is 0 Å². The van der Waals surface area contributed by atoms with Crippen molar-refractivity contribution in [2.45, 2.75) is 77.8 Å². The quantitative estimate of drug-likeness (QED) is 0.765. The molecule has 1 heterocycles. The third kappa shape index (κ3) is 5.39. The van der Waals surface area contributed by atoms with Gasteiger partial charge in [0.15, 0.2) is 0 Å². The summed E-state index contributed by atoms with van der Waals surface area (Å²) in [6, 6.07) is 0.819. The minimum atomic E-state index is 0.286. The summed E-state index contributed by atoms with van der Waals surface area (Å²) in [7, 11) is 0. The molecule has 1 saturated heterocycles. The van der Waals surface area contributed by atoms with Crippen LogP contribution in [-0.2, 0) is 0 Å². The predicted octanol–water partition coefficient (Wildman–Crippen LogP) is 3.42. The predicted molar refractivity (Wildman–Crippen MR) is 76.5 cm³/mol. The maximum Gasteiger partial charge on any atom is 0.0252 e. The van der Waals surface area contributed by atoms with Gasteiger partial charge in [-0.15, -0.1) is 0 Å². The van der Waals surface area contributed by atoms with Crippen LogP contribution >= 0.6 is 0 Å². The van der Waals surface area contributed by atoms with Crippen LogP contribution in [0.2, 0.25) is 0 Å². The van der Waals surface area contributed by atoms with Crippen LogP contribution in [0, 0.1) is 0 Å². The summed E-state index contributed by atoms with van der Waals surface area (Å²) in [5.74, 6) is 0. The van der Waals surface area contributed by atoms with Crippen molar-refractivity contribution >= 4 is 0 Å². The van der Waals surface area contributed by atoms with Crippen molar-refractivity contribution < 1.29 is 0 Å². The fraction of sp³-hybridized carbons (Fsp3) is 1.00. The first-order valence-electron chi connectivity index (χ1n) is 7.58. The van der Waals surface area contributed by atoms with Gasteiger partial charge in [-0.25, -0.2) is 0 Å². The highest BCUT2D eigenvalue weighted by atomic mass is 15.2. The van der Waals surface area contributed by atoms with Gasteiger partial charge in [-0.2, -0.15) is 0 Å². The minimum Gasteiger partial charge on any atom is -0.310 e. The molecular formula is C15H32N2. The van der Waals surface area contributed by atoms with E-state index in [0.29, 0.717) is 0 Å². The van der Waals surface area contributed by atoms with Crippen LogP contribution < -0.4 is 5.32 Å². The van der Waals surface area contributed by atoms with Crippen LogP contribution in [0.15, 0.2) is 0 Å². The van der Waals surface area contributed by atoms with Crippen molar-refractivity contribution in [3.8, 4) is 0 Å². The summed E-state index contributed by atoms with van der Waals surface area (Å²) in [6.07, 6.45) is 8.09. The molecule has 0 radical (unpaired) electrons. The van der Waals surface area contributed by atoms with Gasteiger partial charge in [-0.05, 0) is 46.2 Å². The molecule has 2 nitrogen and oxygen atoms in total. The van der Waals surface area contributed by atoms with Gasteiger partial charge in [0.05, 0.1) is 0 Å². The van der Waals surface area contributed by atoms with Gasteiger partial charge in [-0.1, -0.05) is 33.1 Å². The lowest BCUT2D eigenvalue weighted by atomic mass is 9.99. The monoisotopic (exact) mass is 240 g/mol. The van der Waals surface area contributed by atoms with Crippen LogP contribution in [-0.4, -0.2) is 36.1 Å². The Kier molecular flexibility index (Phi) is 6.50. The molecule has 0 aromatic heterocycles. The summed E-state index contributed by atoms with van der Waals surface area (Å²) in [5, 5.41) is 3.66. The lowest BCUT2D eigenvalue weighted by Crippen LogP contribution is -2.49. The average Bonchev–Trinajstić information content (AvgIpc) is 2.45. The Morgan fingerprint density at radius 2 is 1.94 bits per heavy atom. The van der Waals surface area contributed by atoms with Crippen LogP contribution in [0.5, 0.6) is 0 Å². The fourth-order valence-electron chi connectivity index (χ4n) is 2.95. The van der Waals surface area contributed by atoms with Gasteiger partial charge in [-0.3, -0.25) is 4.90 Å². The average molecular weight is 240 g/mol. The van der Waals surface area contributed by atoms with Crippen molar-refractivity contribution in [1.82, 2.24) is 10.2 Å². The first-order valence-corrected chi connectivity index (χ1v) is 7.58. The molecule has 0 bridgehead atoms. The van der Waals surface area contributed by atoms with E-state index in [1.54, 1.807) is 0 Å². The second kappa shape index (κ2) is 7.38. The minimum absolute atomic E-state index is 0.286. The summed E-state index contributed by atoms with van der Waals surface area (Å²) >= 11 is 0. The molecule has 0 aromatic rings. The zero-order chi connectivity index (χ0) is 12.7. The first kappa shape index (κ1) is 15.0. The molecule has 1 rings (SSSR count). The van der Waals surface area contributed by atoms with E-state index in [2.05, 4.69) is 37.9 Å². The number of nitrogens with one attached hydrogen (secondary N) is 1. The molecule has 1 atom stereocenters. The third-order valence-corrected chi connectivity index (χ3v) is 3.85. The van der Waals surface area contributed by atoms with Gasteiger partial charge < -0.3 is 5.32 Å². The molecule has 2 heteroatoms. The molecule has 1 aliphatic rings. The van der Waals surface area contributed by atoms with Gasteiger partial charge in [0, 0.05) is 18.1 Å². The Morgan fingerprint density at radius 3 is 2.59 bits per heavy atom. The van der Waals surface area contributed by atoms with E-state index in [1.807, 2.05) is 0 Å². The van der Waals surface area contributed by atoms with Gasteiger partial charge >= 0.3 is 0 Å². The number of unbranched alkanes of at least 4 members (excludes halogenated alkanes) is 1. The molecule has 0 aliphatic carbocycles. The SMILES string of the molecule is CCCCC(CCC)N1CCCNC(C)(C)C1. The zero-order valence-corrected chi connectivity index (χ0v) is 12.4. The third-order valence-electron chi connectivity index (χ3n) is 3.85. The largest absolute Gasteiger partial charge is 0.310 e. The fourth-order valence-corrected chi connectivity index (χ4v) is 2.95. The van der Waals surface area contributed by atoms with Crippen molar-refractivity contribution in [3.05, 3.63) is 0 Å². The standard InChI is InChI=1S/C15H32N2/c1-5-7-10-14(9-6-2)17-12-8-11-16-15(3,4)13-17/h14,16H,5-13H2,1-4H3. The topological polar surface area (TPSA) is 15.3 Å². The summed E-state index contributed by atoms with van der Waals surface area (Å²) < 4.78 is 0. The maximum absolute atomic E-state index is 3.66. The lowest BCUT2D eigenvalue weighted by molar-refractivity contribution is 0.150. The van der Waals surface area contributed by atoms with Crippen molar-refractivity contribution in [1.29, 1.82) is 0 Å². The molecule has 1 aliphatic heterocycles. The van der Waals surface area contributed by atoms with Crippen LogP contribution in [0.4, 0.5) is 0 Å². The molecule has 0 amide bonds. The molecule has 1 fully saturated rings. The van der Waals surface area contributed by atoms with Crippen molar-refractivity contribution in [2.75, 3.05) is 19.6 Å². The van der Waals surface area contributed by atoms with E-state index in [4.69, 9.17) is 0 Å². The summed E-state index contributed by atoms with van der Waals surface area (Å²) in [6.45, 7) is 13.0. The van der Waals surface area contributed by atoms with E-state index >= 15 is 0 Å². The Hall–Kier alpha value is -0.0800. The van der Waals surface area contributed by atoms with E-state index in [0.717, 1.165) is 6.04 Å². The highest BCUT2D eigenvalue weighted by Gasteiger charge is 2.27. The molecule has 102 valence electrons. The van der Waals surface area contributed by atoms with Crippen LogP contribution in [0.1, 0.15) is 66.2 Å². The number of nitrogens with zero attached hydrogens (tertiary/aromatic N) is 1. The van der Waals surface area contributed by atoms with Gasteiger partial charge in [0.1, 0.15) is 0 Å². The summed E-state index contributed by atoms with van der Waals surface area (Å²) in [5.41, 5.74) is 0.286. The molecule has 1 unspecified atom stereocenters. The highest BCUT2D eigenvalue weighted by molar-refractivity contribution is 4.87. The second-order valence-corrected chi connectivity index (χ2v) is 6.22. The molecule has 17 heavy (non-hydrogen) atoms. The Morgan fingerprint density at radius 1 is 1.18 bits per heavy atom. The lowest BCUT2D eigenvalue weighted by Gasteiger charge is -2.36. The van der Waals surface area contributed by atoms with Gasteiger partial charge in [0.25, 0.3) is 0 Å². The maximum atomic E-state index is 3.66. The Bertz CT molecular complexity index is 201. The molecule has 0 spiro atoms. The number of hydrogen-bond acceptors (Lipinski definition) is 2. The van der Waals surface area contributed by atoms with E-state index in [1.165, 1.54) is 58.2 Å². The van der Waals surface area contributed by atoms with Crippen LogP contribution in [0.25, 0.3) is 0 Å². The Balaban J connectivity index is 2.56.